The SMILES string of the molecule is CN(C(=O)N1CCCCC1)c1cccc(C(=N)N)c1. The molecule has 0 unspecified atom stereocenters. The standard InChI is InChI=1S/C14H20N4O/c1-17(14(19)18-8-3-2-4-9-18)12-7-5-6-11(10-12)13(15)16/h5-7,10H,2-4,8-9H2,1H3,(H3,15,16). The van der Waals surface area contributed by atoms with Crippen LogP contribution in [0.4, 0.5) is 10.5 Å². The summed E-state index contributed by atoms with van der Waals surface area (Å²) in [6.45, 7) is 1.66. The molecule has 1 aliphatic rings. The highest BCUT2D eigenvalue weighted by atomic mass is 16.2. The number of rotatable bonds is 2. The maximum Gasteiger partial charge on any atom is 0.324 e. The fraction of sp³-hybridized carbons (Fsp3) is 0.429. The van der Waals surface area contributed by atoms with E-state index in [9.17, 15) is 4.79 Å². The Labute approximate surface area is 113 Å². The molecule has 0 atom stereocenters. The molecule has 1 fully saturated rings. The Bertz CT molecular complexity index is 480. The predicted molar refractivity (Wildman–Crippen MR) is 76.7 cm³/mol. The molecule has 1 aromatic rings. The Hall–Kier alpha value is -2.04. The number of hydrogen-bond acceptors (Lipinski definition) is 2. The van der Waals surface area contributed by atoms with Gasteiger partial charge < -0.3 is 10.6 Å². The molecule has 0 radical (unpaired) electrons. The van der Waals surface area contributed by atoms with Crippen LogP contribution >= 0.6 is 0 Å². The molecule has 0 aromatic heterocycles. The van der Waals surface area contributed by atoms with Crippen LogP contribution in [-0.2, 0) is 0 Å². The van der Waals surface area contributed by atoms with Gasteiger partial charge in [-0.25, -0.2) is 4.79 Å². The first-order chi connectivity index (χ1) is 9.09. The summed E-state index contributed by atoms with van der Waals surface area (Å²) < 4.78 is 0. The highest BCUT2D eigenvalue weighted by Gasteiger charge is 2.21. The molecular formula is C14H20N4O. The van der Waals surface area contributed by atoms with Crippen LogP contribution in [0.1, 0.15) is 24.8 Å². The van der Waals surface area contributed by atoms with Crippen LogP contribution in [0, 0.1) is 5.41 Å². The van der Waals surface area contributed by atoms with Crippen molar-refractivity contribution in [2.75, 3.05) is 25.0 Å². The number of carbonyl (C=O) groups excluding carboxylic acids is 1. The van der Waals surface area contributed by atoms with Crippen molar-refractivity contribution in [1.82, 2.24) is 4.90 Å². The van der Waals surface area contributed by atoms with Gasteiger partial charge in [0.25, 0.3) is 0 Å². The van der Waals surface area contributed by atoms with E-state index in [2.05, 4.69) is 0 Å². The van der Waals surface area contributed by atoms with Gasteiger partial charge in [-0.05, 0) is 31.4 Å². The highest BCUT2D eigenvalue weighted by Crippen LogP contribution is 2.18. The zero-order valence-electron chi connectivity index (χ0n) is 11.2. The zero-order chi connectivity index (χ0) is 13.8. The Morgan fingerprint density at radius 1 is 1.32 bits per heavy atom. The van der Waals surface area contributed by atoms with Gasteiger partial charge in [-0.3, -0.25) is 10.3 Å². The lowest BCUT2D eigenvalue weighted by Gasteiger charge is -2.31. The number of nitrogens with zero attached hydrogens (tertiary/aromatic N) is 2. The summed E-state index contributed by atoms with van der Waals surface area (Å²) in [6.07, 6.45) is 3.35. The number of carbonyl (C=O) groups is 1. The number of nitrogens with one attached hydrogen (secondary N) is 1. The van der Waals surface area contributed by atoms with Gasteiger partial charge in [-0.2, -0.15) is 0 Å². The minimum atomic E-state index is 0.0143. The first-order valence-corrected chi connectivity index (χ1v) is 6.56. The van der Waals surface area contributed by atoms with Crippen molar-refractivity contribution < 1.29 is 4.79 Å². The number of nitrogens with two attached hydrogens (primary N) is 1. The van der Waals surface area contributed by atoms with Crippen LogP contribution in [0.15, 0.2) is 24.3 Å². The second-order valence-electron chi connectivity index (χ2n) is 4.85. The molecule has 1 saturated heterocycles. The van der Waals surface area contributed by atoms with E-state index in [1.807, 2.05) is 17.0 Å². The molecular weight excluding hydrogens is 240 g/mol. The number of amidine groups is 1. The van der Waals surface area contributed by atoms with Gasteiger partial charge in [0, 0.05) is 31.4 Å². The molecule has 1 aliphatic heterocycles. The quantitative estimate of drug-likeness (QED) is 0.630. The monoisotopic (exact) mass is 260 g/mol. The molecule has 19 heavy (non-hydrogen) atoms. The van der Waals surface area contributed by atoms with Gasteiger partial charge in [-0.15, -0.1) is 0 Å². The van der Waals surface area contributed by atoms with Gasteiger partial charge in [0.1, 0.15) is 5.84 Å². The summed E-state index contributed by atoms with van der Waals surface area (Å²) in [4.78, 5) is 15.8. The first-order valence-electron chi connectivity index (χ1n) is 6.56. The summed E-state index contributed by atoms with van der Waals surface area (Å²) in [5, 5.41) is 7.44. The van der Waals surface area contributed by atoms with E-state index in [4.69, 9.17) is 11.1 Å². The minimum Gasteiger partial charge on any atom is -0.384 e. The average molecular weight is 260 g/mol. The van der Waals surface area contributed by atoms with Crippen LogP contribution in [0.25, 0.3) is 0 Å². The van der Waals surface area contributed by atoms with Gasteiger partial charge in [0.2, 0.25) is 0 Å². The van der Waals surface area contributed by atoms with E-state index in [0.29, 0.717) is 5.56 Å². The number of anilines is 1. The summed E-state index contributed by atoms with van der Waals surface area (Å²) in [6, 6.07) is 7.22. The Balaban J connectivity index is 2.13. The van der Waals surface area contributed by atoms with Crippen LogP contribution in [0.3, 0.4) is 0 Å². The third-order valence-electron chi connectivity index (χ3n) is 3.46. The fourth-order valence-corrected chi connectivity index (χ4v) is 2.29. The summed E-state index contributed by atoms with van der Waals surface area (Å²) in [5.41, 5.74) is 6.87. The van der Waals surface area contributed by atoms with E-state index in [1.165, 1.54) is 6.42 Å². The zero-order valence-corrected chi connectivity index (χ0v) is 11.2. The Morgan fingerprint density at radius 3 is 2.63 bits per heavy atom. The number of urea groups is 1. The molecule has 2 amide bonds. The first kappa shape index (κ1) is 13.4. The molecule has 5 nitrogen and oxygen atoms in total. The van der Waals surface area contributed by atoms with Crippen molar-refractivity contribution in [3.63, 3.8) is 0 Å². The predicted octanol–water partition coefficient (Wildman–Crippen LogP) is 2.01. The topological polar surface area (TPSA) is 73.4 Å². The van der Waals surface area contributed by atoms with E-state index < -0.39 is 0 Å². The third-order valence-corrected chi connectivity index (χ3v) is 3.46. The largest absolute Gasteiger partial charge is 0.384 e. The van der Waals surface area contributed by atoms with Crippen LogP contribution in [-0.4, -0.2) is 36.9 Å². The molecule has 3 N–H and O–H groups in total. The number of nitrogen functional groups attached to an aromatic ring is 1. The van der Waals surface area contributed by atoms with E-state index in [-0.39, 0.29) is 11.9 Å². The van der Waals surface area contributed by atoms with Crippen LogP contribution in [0.2, 0.25) is 0 Å². The van der Waals surface area contributed by atoms with Crippen molar-refractivity contribution in [2.24, 2.45) is 5.73 Å². The minimum absolute atomic E-state index is 0.0143. The molecule has 1 aromatic carbocycles. The fourth-order valence-electron chi connectivity index (χ4n) is 2.29. The van der Waals surface area contributed by atoms with Gasteiger partial charge in [0.15, 0.2) is 0 Å². The molecule has 0 bridgehead atoms. The number of piperidine rings is 1. The van der Waals surface area contributed by atoms with Gasteiger partial charge in [0.05, 0.1) is 0 Å². The number of hydrogen-bond donors (Lipinski definition) is 2. The summed E-state index contributed by atoms with van der Waals surface area (Å²) in [7, 11) is 1.76. The van der Waals surface area contributed by atoms with Gasteiger partial charge in [-0.1, -0.05) is 12.1 Å². The van der Waals surface area contributed by atoms with Crippen molar-refractivity contribution in [2.45, 2.75) is 19.3 Å². The van der Waals surface area contributed by atoms with Crippen molar-refractivity contribution in [1.29, 1.82) is 5.41 Å². The lowest BCUT2D eigenvalue weighted by atomic mass is 10.1. The second kappa shape index (κ2) is 5.73. The number of amides is 2. The molecule has 5 heteroatoms. The number of likely N-dealkylation sites (tertiary alicyclic amines) is 1. The van der Waals surface area contributed by atoms with E-state index in [0.717, 1.165) is 31.6 Å². The molecule has 0 saturated carbocycles. The Kier molecular flexibility index (Phi) is 4.04. The summed E-state index contributed by atoms with van der Waals surface area (Å²) in [5.74, 6) is 0.0145. The smallest absolute Gasteiger partial charge is 0.324 e. The molecule has 0 aliphatic carbocycles. The van der Waals surface area contributed by atoms with E-state index >= 15 is 0 Å². The molecule has 0 spiro atoms. The normalized spacial score (nSPS) is 15.1. The van der Waals surface area contributed by atoms with Crippen molar-refractivity contribution in [3.05, 3.63) is 29.8 Å². The lowest BCUT2D eigenvalue weighted by Crippen LogP contribution is -2.43. The highest BCUT2D eigenvalue weighted by molar-refractivity contribution is 5.98. The lowest BCUT2D eigenvalue weighted by molar-refractivity contribution is 0.194. The van der Waals surface area contributed by atoms with Crippen molar-refractivity contribution in [3.8, 4) is 0 Å². The van der Waals surface area contributed by atoms with Crippen LogP contribution < -0.4 is 10.6 Å². The maximum atomic E-state index is 12.3. The average Bonchev–Trinajstić information content (AvgIpc) is 2.46. The number of benzene rings is 1. The molecule has 102 valence electrons. The third kappa shape index (κ3) is 3.05. The van der Waals surface area contributed by atoms with Gasteiger partial charge >= 0.3 is 6.03 Å². The van der Waals surface area contributed by atoms with Crippen molar-refractivity contribution >= 4 is 17.6 Å². The molecule has 2 rings (SSSR count). The van der Waals surface area contributed by atoms with Crippen LogP contribution in [0.5, 0.6) is 0 Å². The van der Waals surface area contributed by atoms with E-state index in [1.54, 1.807) is 24.1 Å². The summed E-state index contributed by atoms with van der Waals surface area (Å²) >= 11 is 0. The molecule has 1 heterocycles. The maximum absolute atomic E-state index is 12.3. The second-order valence-corrected chi connectivity index (χ2v) is 4.85. The Morgan fingerprint density at radius 2 is 2.00 bits per heavy atom.